The molecule has 1 fully saturated rings. The molecule has 1 saturated carbocycles. The highest BCUT2D eigenvalue weighted by Crippen LogP contribution is 2.43. The first-order valence-corrected chi connectivity index (χ1v) is 14.0. The second-order valence-electron chi connectivity index (χ2n) is 10.2. The fourth-order valence-corrected chi connectivity index (χ4v) is 5.66. The van der Waals surface area contributed by atoms with E-state index in [2.05, 4.69) is 20.4 Å². The highest BCUT2D eigenvalue weighted by molar-refractivity contribution is 7.90. The molecule has 1 aliphatic carbocycles. The van der Waals surface area contributed by atoms with Crippen molar-refractivity contribution in [2.45, 2.75) is 49.1 Å². The van der Waals surface area contributed by atoms with Crippen LogP contribution in [-0.4, -0.2) is 51.0 Å². The molecule has 0 radical (unpaired) electrons. The summed E-state index contributed by atoms with van der Waals surface area (Å²) in [5, 5.41) is 18.4. The van der Waals surface area contributed by atoms with Crippen LogP contribution in [0.2, 0.25) is 0 Å². The van der Waals surface area contributed by atoms with Crippen LogP contribution in [0.5, 0.6) is 0 Å². The number of sulfone groups is 1. The van der Waals surface area contributed by atoms with Gasteiger partial charge in [-0.3, -0.25) is 4.98 Å². The van der Waals surface area contributed by atoms with Crippen LogP contribution >= 0.6 is 0 Å². The summed E-state index contributed by atoms with van der Waals surface area (Å²) >= 11 is 0. The van der Waals surface area contributed by atoms with Gasteiger partial charge in [0.2, 0.25) is 5.95 Å². The van der Waals surface area contributed by atoms with E-state index in [0.29, 0.717) is 23.6 Å². The van der Waals surface area contributed by atoms with Crippen molar-refractivity contribution in [2.75, 3.05) is 11.6 Å². The van der Waals surface area contributed by atoms with Crippen molar-refractivity contribution in [1.82, 2.24) is 19.6 Å². The zero-order valence-corrected chi connectivity index (χ0v) is 21.9. The van der Waals surface area contributed by atoms with Gasteiger partial charge in [0.1, 0.15) is 11.6 Å². The number of aromatic nitrogens is 4. The molecule has 0 bridgehead atoms. The maximum absolute atomic E-state index is 14.9. The van der Waals surface area contributed by atoms with Gasteiger partial charge in [-0.15, -0.1) is 0 Å². The highest BCUT2D eigenvalue weighted by atomic mass is 32.2. The van der Waals surface area contributed by atoms with Gasteiger partial charge in [0.25, 0.3) is 0 Å². The number of pyridine rings is 1. The maximum atomic E-state index is 14.9. The highest BCUT2D eigenvalue weighted by Gasteiger charge is 2.42. The Morgan fingerprint density at radius 1 is 1.16 bits per heavy atom. The van der Waals surface area contributed by atoms with Crippen LogP contribution in [0.15, 0.2) is 53.8 Å². The first-order chi connectivity index (χ1) is 17.9. The van der Waals surface area contributed by atoms with Gasteiger partial charge in [-0.1, -0.05) is 6.92 Å². The van der Waals surface area contributed by atoms with E-state index >= 15 is 0 Å². The zero-order valence-electron chi connectivity index (χ0n) is 21.1. The summed E-state index contributed by atoms with van der Waals surface area (Å²) < 4.78 is 54.6. The number of halogens is 2. The van der Waals surface area contributed by atoms with E-state index in [-0.39, 0.29) is 17.5 Å². The summed E-state index contributed by atoms with van der Waals surface area (Å²) in [6.45, 7) is 3.75. The van der Waals surface area contributed by atoms with E-state index in [1.165, 1.54) is 10.6 Å². The molecule has 0 amide bonds. The molecule has 0 unspecified atom stereocenters. The number of benzene rings is 1. The van der Waals surface area contributed by atoms with Crippen molar-refractivity contribution in [3.63, 3.8) is 0 Å². The molecule has 5 rings (SSSR count). The van der Waals surface area contributed by atoms with Gasteiger partial charge in [-0.2, -0.15) is 9.61 Å². The molecule has 1 aliphatic rings. The molecule has 200 valence electrons. The summed E-state index contributed by atoms with van der Waals surface area (Å²) in [5.41, 5.74) is 7.08. The minimum atomic E-state index is -3.79. The number of nitrogens with zero attached hydrogens (tertiary/aromatic N) is 4. The number of imidazole rings is 1. The standard InChI is InChI=1S/C26H28F2N6O3S/c1-14-8-15(9-23(29)26(14,2)35)18-6-7-30-13-22(18)32-25-31-12-16-4-5-21(33-34(16)25)24-19(27)10-17(11-20(24)28)38(3,36)37/h4-7,10-15,23,35H,8-9,29H2,1-3H3,(H,31,32)/t14-,15+,23+,26+/m0/s1. The minimum Gasteiger partial charge on any atom is -0.388 e. The number of fused-ring (bicyclic) bond motifs is 1. The van der Waals surface area contributed by atoms with Crippen LogP contribution in [0.25, 0.3) is 16.8 Å². The Morgan fingerprint density at radius 3 is 2.53 bits per heavy atom. The lowest BCUT2D eigenvalue weighted by Gasteiger charge is -2.44. The summed E-state index contributed by atoms with van der Waals surface area (Å²) in [6.07, 6.45) is 7.10. The van der Waals surface area contributed by atoms with Gasteiger partial charge in [0, 0.05) is 18.5 Å². The second kappa shape index (κ2) is 9.37. The predicted octanol–water partition coefficient (Wildman–Crippen LogP) is 3.81. The Hall–Kier alpha value is -3.48. The molecule has 0 saturated heterocycles. The van der Waals surface area contributed by atoms with Crippen LogP contribution in [0.4, 0.5) is 20.4 Å². The third kappa shape index (κ3) is 4.63. The van der Waals surface area contributed by atoms with Gasteiger partial charge in [-0.05, 0) is 67.5 Å². The molecular weight excluding hydrogens is 514 g/mol. The van der Waals surface area contributed by atoms with Gasteiger partial charge in [-0.25, -0.2) is 22.2 Å². The van der Waals surface area contributed by atoms with E-state index in [9.17, 15) is 22.3 Å². The van der Waals surface area contributed by atoms with E-state index < -0.39 is 43.6 Å². The number of nitrogens with one attached hydrogen (secondary N) is 1. The number of hydrogen-bond acceptors (Lipinski definition) is 8. The lowest BCUT2D eigenvalue weighted by Crippen LogP contribution is -2.54. The van der Waals surface area contributed by atoms with Crippen LogP contribution in [0.3, 0.4) is 0 Å². The average Bonchev–Trinajstić information content (AvgIpc) is 3.24. The first-order valence-electron chi connectivity index (χ1n) is 12.1. The number of hydrogen-bond donors (Lipinski definition) is 3. The summed E-state index contributed by atoms with van der Waals surface area (Å²) in [5.74, 6) is -1.74. The van der Waals surface area contributed by atoms with Crippen LogP contribution in [-0.2, 0) is 9.84 Å². The molecule has 12 heteroatoms. The Balaban J connectivity index is 1.51. The van der Waals surface area contributed by atoms with Crippen molar-refractivity contribution >= 4 is 27.0 Å². The van der Waals surface area contributed by atoms with Crippen molar-refractivity contribution in [3.8, 4) is 11.3 Å². The maximum Gasteiger partial charge on any atom is 0.229 e. The van der Waals surface area contributed by atoms with Gasteiger partial charge in [0.05, 0.1) is 45.4 Å². The number of anilines is 2. The van der Waals surface area contributed by atoms with E-state index in [4.69, 9.17) is 5.73 Å². The molecule has 9 nitrogen and oxygen atoms in total. The van der Waals surface area contributed by atoms with E-state index in [1.54, 1.807) is 31.6 Å². The Kier molecular flexibility index (Phi) is 6.44. The molecule has 4 N–H and O–H groups in total. The lowest BCUT2D eigenvalue weighted by molar-refractivity contribution is -0.0463. The zero-order chi connectivity index (χ0) is 27.4. The lowest BCUT2D eigenvalue weighted by atomic mass is 9.68. The predicted molar refractivity (Wildman–Crippen MR) is 139 cm³/mol. The summed E-state index contributed by atoms with van der Waals surface area (Å²) in [4.78, 5) is 8.17. The fourth-order valence-electron chi connectivity index (χ4n) is 5.02. The second-order valence-corrected chi connectivity index (χ2v) is 12.2. The molecule has 0 aliphatic heterocycles. The smallest absolute Gasteiger partial charge is 0.229 e. The van der Waals surface area contributed by atoms with Gasteiger partial charge in [0.15, 0.2) is 9.84 Å². The fraction of sp³-hybridized carbons (Fsp3) is 0.346. The van der Waals surface area contributed by atoms with E-state index in [0.717, 1.165) is 30.4 Å². The van der Waals surface area contributed by atoms with E-state index in [1.807, 2.05) is 13.0 Å². The monoisotopic (exact) mass is 542 g/mol. The number of aliphatic hydroxyl groups is 1. The van der Waals surface area contributed by atoms with Gasteiger partial charge >= 0.3 is 0 Å². The molecule has 1 aromatic carbocycles. The molecule has 3 aromatic heterocycles. The topological polar surface area (TPSA) is 136 Å². The first kappa shape index (κ1) is 26.1. The molecule has 38 heavy (non-hydrogen) atoms. The molecule has 4 atom stereocenters. The number of rotatable bonds is 5. The average molecular weight is 543 g/mol. The van der Waals surface area contributed by atoms with Crippen molar-refractivity contribution in [3.05, 3.63) is 66.1 Å². The third-order valence-corrected chi connectivity index (χ3v) is 8.64. The summed E-state index contributed by atoms with van der Waals surface area (Å²) in [7, 11) is -3.79. The van der Waals surface area contributed by atoms with Crippen LogP contribution in [0.1, 0.15) is 38.2 Å². The Morgan fingerprint density at radius 2 is 1.87 bits per heavy atom. The van der Waals surface area contributed by atoms with Crippen molar-refractivity contribution < 1.29 is 22.3 Å². The summed E-state index contributed by atoms with van der Waals surface area (Å²) in [6, 6.07) is 6.11. The molecule has 0 spiro atoms. The van der Waals surface area contributed by atoms with Crippen molar-refractivity contribution in [1.29, 1.82) is 0 Å². The Bertz CT molecular complexity index is 1600. The van der Waals surface area contributed by atoms with Crippen LogP contribution in [0, 0.1) is 17.6 Å². The number of nitrogens with two attached hydrogens (primary N) is 1. The Labute approximate surface area is 218 Å². The quantitative estimate of drug-likeness (QED) is 0.347. The normalized spacial score (nSPS) is 24.0. The molecule has 3 heterocycles. The molecule has 4 aromatic rings. The molecular formula is C26H28F2N6O3S. The minimum absolute atomic E-state index is 0.0207. The van der Waals surface area contributed by atoms with Crippen LogP contribution < -0.4 is 11.1 Å². The van der Waals surface area contributed by atoms with Crippen molar-refractivity contribution in [2.24, 2.45) is 11.7 Å². The largest absolute Gasteiger partial charge is 0.388 e. The van der Waals surface area contributed by atoms with Gasteiger partial charge < -0.3 is 16.2 Å². The SMILES string of the molecule is C[C@H]1C[C@@H](c2ccncc2Nc2ncc3ccc(-c4c(F)cc(S(C)(=O)=O)cc4F)nn23)C[C@@H](N)[C@]1(C)O. The third-order valence-electron chi connectivity index (χ3n) is 7.55.